The highest BCUT2D eigenvalue weighted by Crippen LogP contribution is 2.43. The maximum Gasteiger partial charge on any atom is 0.319 e. The molecule has 3 aliphatic rings. The molecule has 8 heteroatoms. The summed E-state index contributed by atoms with van der Waals surface area (Å²) < 4.78 is 13.5. The molecule has 1 aliphatic carbocycles. The predicted molar refractivity (Wildman–Crippen MR) is 93.9 cm³/mol. The Morgan fingerprint density at radius 2 is 1.88 bits per heavy atom. The number of hydrogen-bond acceptors (Lipinski definition) is 4. The molecule has 3 rings (SSSR count). The van der Waals surface area contributed by atoms with Crippen molar-refractivity contribution < 1.29 is 14.0 Å². The number of hydrogen-bond donors (Lipinski definition) is 1. The summed E-state index contributed by atoms with van der Waals surface area (Å²) in [6.45, 7) is 3.78. The van der Waals surface area contributed by atoms with Crippen molar-refractivity contribution in [3.63, 3.8) is 0 Å². The topological polar surface area (TPSA) is 79.7 Å². The first-order valence-corrected chi connectivity index (χ1v) is 9.27. The molecule has 3 fully saturated rings. The molecule has 0 aromatic rings. The first kappa shape index (κ1) is 18.9. The van der Waals surface area contributed by atoms with Crippen molar-refractivity contribution in [3.05, 3.63) is 0 Å². The van der Waals surface area contributed by atoms with Crippen molar-refractivity contribution in [2.75, 3.05) is 40.3 Å². The van der Waals surface area contributed by atoms with E-state index in [9.17, 15) is 14.0 Å². The number of urea groups is 1. The average molecular weight is 365 g/mol. The van der Waals surface area contributed by atoms with Gasteiger partial charge in [0, 0.05) is 39.1 Å². The summed E-state index contributed by atoms with van der Waals surface area (Å²) in [7, 11) is 3.53. The van der Waals surface area contributed by atoms with Gasteiger partial charge in [0.25, 0.3) is 0 Å². The molecule has 0 spiro atoms. The van der Waals surface area contributed by atoms with Crippen molar-refractivity contribution >= 4 is 11.9 Å². The smallest absolute Gasteiger partial charge is 0.319 e. The second kappa shape index (κ2) is 7.03. The van der Waals surface area contributed by atoms with Gasteiger partial charge in [-0.25, -0.2) is 9.18 Å². The summed E-state index contributed by atoms with van der Waals surface area (Å²) in [5, 5.41) is 12.4. The third kappa shape index (κ3) is 3.63. The van der Waals surface area contributed by atoms with Crippen molar-refractivity contribution in [1.82, 2.24) is 20.0 Å². The second-order valence-corrected chi connectivity index (χ2v) is 8.45. The monoisotopic (exact) mass is 365 g/mol. The Hall–Kier alpha value is -1.88. The summed E-state index contributed by atoms with van der Waals surface area (Å²) >= 11 is 0. The number of alkyl halides is 1. The summed E-state index contributed by atoms with van der Waals surface area (Å²) in [6.07, 6.45) is 0.829. The maximum atomic E-state index is 13.5. The number of halogens is 1. The molecule has 2 saturated heterocycles. The van der Waals surface area contributed by atoms with Crippen molar-refractivity contribution in [1.29, 1.82) is 5.26 Å². The van der Waals surface area contributed by atoms with E-state index in [1.165, 1.54) is 4.90 Å². The van der Waals surface area contributed by atoms with Gasteiger partial charge < -0.3 is 20.0 Å². The lowest BCUT2D eigenvalue weighted by atomic mass is 9.98. The number of nitriles is 1. The van der Waals surface area contributed by atoms with E-state index in [1.54, 1.807) is 19.0 Å². The van der Waals surface area contributed by atoms with Crippen LogP contribution in [0.2, 0.25) is 0 Å². The van der Waals surface area contributed by atoms with E-state index in [1.807, 2.05) is 11.0 Å². The molecule has 26 heavy (non-hydrogen) atoms. The van der Waals surface area contributed by atoms with Crippen LogP contribution >= 0.6 is 0 Å². The van der Waals surface area contributed by atoms with Crippen LogP contribution < -0.4 is 5.32 Å². The molecule has 1 saturated carbocycles. The standard InChI is InChI=1S/C18H28FN5O2/c1-18(21-8-16(25)24-11-14(19)4-15(24)7-20)5-12-9-23(10-13(12)6-18)17(26)22(2)3/h12-15,21H,4-6,8-11H2,1-3H3/t12-,13+,14-,15-,18+/m0/s1. The average Bonchev–Trinajstić information content (AvgIpc) is 3.22. The number of amides is 3. The minimum Gasteiger partial charge on any atom is -0.331 e. The Kier molecular flexibility index (Phi) is 5.11. The zero-order chi connectivity index (χ0) is 19.1. The largest absolute Gasteiger partial charge is 0.331 e. The number of nitrogens with zero attached hydrogens (tertiary/aromatic N) is 4. The van der Waals surface area contributed by atoms with Crippen LogP contribution in [0.5, 0.6) is 0 Å². The SMILES string of the molecule is CN(C)C(=O)N1C[C@@H]2C[C@@](C)(NCC(=O)N3C[C@@H](F)C[C@H]3C#N)C[C@@H]2C1. The van der Waals surface area contributed by atoms with Crippen LogP contribution in [0, 0.1) is 23.2 Å². The highest BCUT2D eigenvalue weighted by atomic mass is 19.1. The molecule has 0 bridgehead atoms. The van der Waals surface area contributed by atoms with Crippen LogP contribution in [-0.4, -0.2) is 84.7 Å². The van der Waals surface area contributed by atoms with Crippen LogP contribution in [0.25, 0.3) is 0 Å². The molecular weight excluding hydrogens is 337 g/mol. The maximum absolute atomic E-state index is 13.5. The lowest BCUT2D eigenvalue weighted by Crippen LogP contribution is -2.49. The predicted octanol–water partition coefficient (Wildman–Crippen LogP) is 0.821. The van der Waals surface area contributed by atoms with E-state index in [-0.39, 0.29) is 37.0 Å². The van der Waals surface area contributed by atoms with E-state index >= 15 is 0 Å². The summed E-state index contributed by atoms with van der Waals surface area (Å²) in [4.78, 5) is 29.4. The molecule has 2 aliphatic heterocycles. The summed E-state index contributed by atoms with van der Waals surface area (Å²) in [5.74, 6) is 0.681. The van der Waals surface area contributed by atoms with Gasteiger partial charge in [-0.1, -0.05) is 0 Å². The zero-order valence-electron chi connectivity index (χ0n) is 15.7. The van der Waals surface area contributed by atoms with Gasteiger partial charge in [0.05, 0.1) is 19.2 Å². The molecule has 5 atom stereocenters. The van der Waals surface area contributed by atoms with E-state index in [0.717, 1.165) is 25.9 Å². The molecule has 3 amide bonds. The molecule has 144 valence electrons. The lowest BCUT2D eigenvalue weighted by molar-refractivity contribution is -0.130. The molecule has 0 unspecified atom stereocenters. The fraction of sp³-hybridized carbons (Fsp3) is 0.833. The Bertz CT molecular complexity index is 605. The molecule has 0 radical (unpaired) electrons. The Labute approximate surface area is 154 Å². The Morgan fingerprint density at radius 3 is 2.42 bits per heavy atom. The molecule has 2 heterocycles. The number of likely N-dealkylation sites (tertiary alicyclic amines) is 2. The van der Waals surface area contributed by atoms with Gasteiger partial charge in [0.15, 0.2) is 0 Å². The first-order valence-electron chi connectivity index (χ1n) is 9.27. The van der Waals surface area contributed by atoms with Crippen LogP contribution in [0.4, 0.5) is 9.18 Å². The normalized spacial score (nSPS) is 36.1. The van der Waals surface area contributed by atoms with E-state index in [4.69, 9.17) is 5.26 Å². The van der Waals surface area contributed by atoms with E-state index in [2.05, 4.69) is 12.2 Å². The van der Waals surface area contributed by atoms with Crippen LogP contribution in [-0.2, 0) is 4.79 Å². The number of carbonyl (C=O) groups excluding carboxylic acids is 2. The second-order valence-electron chi connectivity index (χ2n) is 8.45. The minimum absolute atomic E-state index is 0.0162. The molecule has 1 N–H and O–H groups in total. The van der Waals surface area contributed by atoms with Gasteiger partial charge in [-0.2, -0.15) is 5.26 Å². The van der Waals surface area contributed by atoms with Gasteiger partial charge >= 0.3 is 6.03 Å². The van der Waals surface area contributed by atoms with Crippen molar-refractivity contribution in [2.24, 2.45) is 11.8 Å². The van der Waals surface area contributed by atoms with Crippen LogP contribution in [0.3, 0.4) is 0 Å². The van der Waals surface area contributed by atoms with E-state index < -0.39 is 12.2 Å². The number of nitrogens with one attached hydrogen (secondary N) is 1. The quantitative estimate of drug-likeness (QED) is 0.803. The lowest BCUT2D eigenvalue weighted by Gasteiger charge is -2.30. The van der Waals surface area contributed by atoms with Gasteiger partial charge in [-0.05, 0) is 31.6 Å². The van der Waals surface area contributed by atoms with Gasteiger partial charge in [0.1, 0.15) is 12.2 Å². The van der Waals surface area contributed by atoms with Crippen molar-refractivity contribution in [3.8, 4) is 6.07 Å². The fourth-order valence-electron chi connectivity index (χ4n) is 4.80. The number of rotatable bonds is 3. The summed E-state index contributed by atoms with van der Waals surface area (Å²) in [5.41, 5.74) is -0.158. The molecule has 0 aromatic heterocycles. The Balaban J connectivity index is 1.51. The molecular formula is C18H28FN5O2. The third-order valence-electron chi connectivity index (χ3n) is 6.04. The third-order valence-corrected chi connectivity index (χ3v) is 6.04. The fourth-order valence-corrected chi connectivity index (χ4v) is 4.80. The summed E-state index contributed by atoms with van der Waals surface area (Å²) in [6, 6.07) is 1.42. The Morgan fingerprint density at radius 1 is 1.27 bits per heavy atom. The zero-order valence-corrected chi connectivity index (χ0v) is 15.7. The molecule has 7 nitrogen and oxygen atoms in total. The highest BCUT2D eigenvalue weighted by molar-refractivity contribution is 5.79. The van der Waals surface area contributed by atoms with Crippen LogP contribution in [0.15, 0.2) is 0 Å². The highest BCUT2D eigenvalue weighted by Gasteiger charge is 2.48. The number of fused-ring (bicyclic) bond motifs is 1. The minimum atomic E-state index is -1.11. The van der Waals surface area contributed by atoms with Crippen molar-refractivity contribution in [2.45, 2.75) is 43.9 Å². The first-order chi connectivity index (χ1) is 12.2. The molecule has 0 aromatic carbocycles. The van der Waals surface area contributed by atoms with Gasteiger partial charge in [-0.3, -0.25) is 4.79 Å². The van der Waals surface area contributed by atoms with Crippen LogP contribution in [0.1, 0.15) is 26.2 Å². The number of carbonyl (C=O) groups is 2. The van der Waals surface area contributed by atoms with Gasteiger partial charge in [0.2, 0.25) is 5.91 Å². The van der Waals surface area contributed by atoms with Gasteiger partial charge in [-0.15, -0.1) is 0 Å². The van der Waals surface area contributed by atoms with E-state index in [0.29, 0.717) is 11.8 Å².